The van der Waals surface area contributed by atoms with Crippen molar-refractivity contribution in [3.05, 3.63) is 70.5 Å². The summed E-state index contributed by atoms with van der Waals surface area (Å²) >= 11 is 0. The smallest absolute Gasteiger partial charge is 0.262 e. The maximum absolute atomic E-state index is 12.5. The van der Waals surface area contributed by atoms with Crippen molar-refractivity contribution in [2.24, 2.45) is 5.10 Å². The fourth-order valence-electron chi connectivity index (χ4n) is 2.42. The Bertz CT molecular complexity index is 913. The second-order valence-electron chi connectivity index (χ2n) is 5.18. The summed E-state index contributed by atoms with van der Waals surface area (Å²) in [6.07, 6.45) is 0. The van der Waals surface area contributed by atoms with Gasteiger partial charge in [-0.1, -0.05) is 42.5 Å². The first-order valence-electron chi connectivity index (χ1n) is 7.56. The Morgan fingerprint density at radius 3 is 2.57 bits per heavy atom. The molecule has 23 heavy (non-hydrogen) atoms. The van der Waals surface area contributed by atoms with Gasteiger partial charge < -0.3 is 0 Å². The Morgan fingerprint density at radius 1 is 1.13 bits per heavy atom. The zero-order valence-corrected chi connectivity index (χ0v) is 13.2. The molecule has 3 aromatic rings. The van der Waals surface area contributed by atoms with Crippen LogP contribution in [0.3, 0.4) is 0 Å². The zero-order valence-electron chi connectivity index (χ0n) is 13.2. The van der Waals surface area contributed by atoms with Crippen LogP contribution in [0.25, 0.3) is 10.9 Å². The van der Waals surface area contributed by atoms with Gasteiger partial charge in [-0.3, -0.25) is 9.36 Å². The van der Waals surface area contributed by atoms with Crippen molar-refractivity contribution in [1.82, 2.24) is 9.55 Å². The van der Waals surface area contributed by atoms with E-state index in [-0.39, 0.29) is 5.56 Å². The minimum Gasteiger partial charge on any atom is -0.277 e. The Hall–Kier alpha value is -2.95. The number of hydrogen-bond acceptors (Lipinski definition) is 4. The van der Waals surface area contributed by atoms with Gasteiger partial charge >= 0.3 is 0 Å². The molecule has 3 rings (SSSR count). The first kappa shape index (κ1) is 15.0. The quantitative estimate of drug-likeness (QED) is 0.594. The van der Waals surface area contributed by atoms with Crippen LogP contribution in [0.4, 0.5) is 5.95 Å². The van der Waals surface area contributed by atoms with Crippen molar-refractivity contribution >= 4 is 22.6 Å². The molecule has 2 aromatic carbocycles. The van der Waals surface area contributed by atoms with E-state index >= 15 is 0 Å². The van der Waals surface area contributed by atoms with Crippen LogP contribution >= 0.6 is 0 Å². The van der Waals surface area contributed by atoms with Crippen LogP contribution in [0.1, 0.15) is 19.4 Å². The van der Waals surface area contributed by atoms with E-state index in [0.717, 1.165) is 11.3 Å². The van der Waals surface area contributed by atoms with Crippen molar-refractivity contribution < 1.29 is 0 Å². The standard InChI is InChI=1S/C18H18N4O/c1-3-22-17(23)15-11-7-8-12-16(15)19-18(22)21-20-13(2)14-9-5-4-6-10-14/h4-12H,3H2,1-2H3,(H,19,21)/b20-13-. The third-order valence-electron chi connectivity index (χ3n) is 3.69. The molecule has 0 atom stereocenters. The van der Waals surface area contributed by atoms with Crippen LogP contribution in [0.15, 0.2) is 64.5 Å². The minimum atomic E-state index is -0.0619. The van der Waals surface area contributed by atoms with Crippen molar-refractivity contribution in [2.45, 2.75) is 20.4 Å². The van der Waals surface area contributed by atoms with Gasteiger partial charge in [-0.25, -0.2) is 10.4 Å². The molecule has 1 N–H and O–H groups in total. The number of benzene rings is 2. The van der Waals surface area contributed by atoms with Crippen LogP contribution in [-0.2, 0) is 6.54 Å². The summed E-state index contributed by atoms with van der Waals surface area (Å²) in [7, 11) is 0. The van der Waals surface area contributed by atoms with E-state index in [1.807, 2.05) is 62.4 Å². The molecule has 0 amide bonds. The molecule has 0 saturated carbocycles. The van der Waals surface area contributed by atoms with E-state index in [4.69, 9.17) is 0 Å². The third kappa shape index (κ3) is 2.99. The first-order valence-corrected chi connectivity index (χ1v) is 7.56. The van der Waals surface area contributed by atoms with Crippen molar-refractivity contribution in [3.8, 4) is 0 Å². The second-order valence-corrected chi connectivity index (χ2v) is 5.18. The van der Waals surface area contributed by atoms with E-state index in [1.54, 1.807) is 10.6 Å². The van der Waals surface area contributed by atoms with Crippen LogP contribution < -0.4 is 11.0 Å². The van der Waals surface area contributed by atoms with Crippen molar-refractivity contribution in [3.63, 3.8) is 0 Å². The number of para-hydroxylation sites is 1. The van der Waals surface area contributed by atoms with Crippen LogP contribution in [0, 0.1) is 0 Å². The predicted octanol–water partition coefficient (Wildman–Crippen LogP) is 3.25. The topological polar surface area (TPSA) is 59.3 Å². The molecule has 0 aliphatic heterocycles. The SMILES string of the molecule is CCn1c(N/N=C(/C)c2ccccc2)nc2ccccc2c1=O. The number of hydrogen-bond donors (Lipinski definition) is 1. The lowest BCUT2D eigenvalue weighted by atomic mass is 10.1. The van der Waals surface area contributed by atoms with Gasteiger partial charge in [0.15, 0.2) is 0 Å². The molecular formula is C18H18N4O. The van der Waals surface area contributed by atoms with E-state index in [9.17, 15) is 4.79 Å². The number of anilines is 1. The zero-order chi connectivity index (χ0) is 16.2. The van der Waals surface area contributed by atoms with E-state index in [0.29, 0.717) is 23.4 Å². The van der Waals surface area contributed by atoms with Crippen LogP contribution in [0.5, 0.6) is 0 Å². The van der Waals surface area contributed by atoms with E-state index < -0.39 is 0 Å². The normalized spacial score (nSPS) is 11.7. The van der Waals surface area contributed by atoms with Gasteiger partial charge in [0.05, 0.1) is 16.6 Å². The van der Waals surface area contributed by atoms with Crippen LogP contribution in [-0.4, -0.2) is 15.3 Å². The molecule has 5 nitrogen and oxygen atoms in total. The molecular weight excluding hydrogens is 288 g/mol. The summed E-state index contributed by atoms with van der Waals surface area (Å²) in [5.41, 5.74) is 5.39. The molecule has 0 aliphatic rings. The lowest BCUT2D eigenvalue weighted by Gasteiger charge is -2.11. The van der Waals surface area contributed by atoms with Gasteiger partial charge in [0.2, 0.25) is 5.95 Å². The number of hydrazone groups is 1. The predicted molar refractivity (Wildman–Crippen MR) is 94.0 cm³/mol. The van der Waals surface area contributed by atoms with Gasteiger partial charge in [0.1, 0.15) is 0 Å². The molecule has 0 radical (unpaired) electrons. The summed E-state index contributed by atoms with van der Waals surface area (Å²) in [6, 6.07) is 17.2. The lowest BCUT2D eigenvalue weighted by molar-refractivity contribution is 0.724. The molecule has 5 heteroatoms. The monoisotopic (exact) mass is 306 g/mol. The molecule has 1 heterocycles. The highest BCUT2D eigenvalue weighted by Gasteiger charge is 2.09. The largest absolute Gasteiger partial charge is 0.277 e. The van der Waals surface area contributed by atoms with Gasteiger partial charge in [0, 0.05) is 6.54 Å². The lowest BCUT2D eigenvalue weighted by Crippen LogP contribution is -2.23. The average Bonchev–Trinajstić information content (AvgIpc) is 2.60. The number of rotatable bonds is 4. The van der Waals surface area contributed by atoms with Gasteiger partial charge in [-0.05, 0) is 31.5 Å². The van der Waals surface area contributed by atoms with Gasteiger partial charge in [-0.2, -0.15) is 5.10 Å². The summed E-state index contributed by atoms with van der Waals surface area (Å²) in [5, 5.41) is 4.98. The first-order chi connectivity index (χ1) is 11.2. The fraction of sp³-hybridized carbons (Fsp3) is 0.167. The highest BCUT2D eigenvalue weighted by molar-refractivity contribution is 5.98. The average molecular weight is 306 g/mol. The molecule has 0 unspecified atom stereocenters. The summed E-state index contributed by atoms with van der Waals surface area (Å²) in [4.78, 5) is 17.0. The van der Waals surface area contributed by atoms with Crippen molar-refractivity contribution in [2.75, 3.05) is 5.43 Å². The molecule has 0 fully saturated rings. The molecule has 0 spiro atoms. The highest BCUT2D eigenvalue weighted by Crippen LogP contribution is 2.11. The summed E-state index contributed by atoms with van der Waals surface area (Å²) < 4.78 is 1.59. The molecule has 0 saturated heterocycles. The van der Waals surface area contributed by atoms with Crippen LogP contribution in [0.2, 0.25) is 0 Å². The van der Waals surface area contributed by atoms with Gasteiger partial charge in [0.25, 0.3) is 5.56 Å². The molecule has 116 valence electrons. The maximum Gasteiger partial charge on any atom is 0.262 e. The Balaban J connectivity index is 2.01. The molecule has 0 bridgehead atoms. The van der Waals surface area contributed by atoms with Crippen molar-refractivity contribution in [1.29, 1.82) is 0 Å². The molecule has 1 aromatic heterocycles. The number of aromatic nitrogens is 2. The Kier molecular flexibility index (Phi) is 4.19. The third-order valence-corrected chi connectivity index (χ3v) is 3.69. The maximum atomic E-state index is 12.5. The van der Waals surface area contributed by atoms with Gasteiger partial charge in [-0.15, -0.1) is 0 Å². The Labute approximate surface area is 134 Å². The van der Waals surface area contributed by atoms with E-state index in [2.05, 4.69) is 15.5 Å². The second kappa shape index (κ2) is 6.44. The highest BCUT2D eigenvalue weighted by atomic mass is 16.1. The number of nitrogens with one attached hydrogen (secondary N) is 1. The fourth-order valence-corrected chi connectivity index (χ4v) is 2.42. The summed E-state index contributed by atoms with van der Waals surface area (Å²) in [6.45, 7) is 4.35. The number of fused-ring (bicyclic) bond motifs is 1. The minimum absolute atomic E-state index is 0.0619. The number of nitrogens with zero attached hydrogens (tertiary/aromatic N) is 3. The summed E-state index contributed by atoms with van der Waals surface area (Å²) in [5.74, 6) is 0.450. The van der Waals surface area contributed by atoms with E-state index in [1.165, 1.54) is 0 Å². The Morgan fingerprint density at radius 2 is 1.83 bits per heavy atom. The molecule has 0 aliphatic carbocycles.